The molecule has 1 saturated carbocycles. The molecule has 4 aliphatic rings. The maximum absolute atomic E-state index is 13.8. The molecule has 10 heteroatoms. The number of hydrogen-bond acceptors (Lipinski definition) is 7. The molecule has 2 aromatic rings. The Labute approximate surface area is 227 Å². The van der Waals surface area contributed by atoms with Gasteiger partial charge in [-0.3, -0.25) is 0 Å². The van der Waals surface area contributed by atoms with Crippen molar-refractivity contribution in [3.63, 3.8) is 0 Å². The summed E-state index contributed by atoms with van der Waals surface area (Å²) in [5.41, 5.74) is 7.47. The van der Waals surface area contributed by atoms with Gasteiger partial charge in [-0.15, -0.1) is 0 Å². The van der Waals surface area contributed by atoms with Gasteiger partial charge in [-0.05, 0) is 0 Å². The molecule has 0 bridgehead atoms. The van der Waals surface area contributed by atoms with E-state index < -0.39 is 0 Å². The summed E-state index contributed by atoms with van der Waals surface area (Å²) in [6.07, 6.45) is 7.05. The van der Waals surface area contributed by atoms with Gasteiger partial charge in [0.2, 0.25) is 0 Å². The number of carbonyl (C=O) groups excluding carboxylic acids is 2. The van der Waals surface area contributed by atoms with E-state index in [0.717, 1.165) is 17.4 Å². The van der Waals surface area contributed by atoms with Gasteiger partial charge in [0.05, 0.1) is 0 Å². The van der Waals surface area contributed by atoms with E-state index in [1.165, 1.54) is 5.56 Å². The number of aromatic nitrogens is 2. The molecular formula is C27H32IN6O3-. The molecule has 3 aliphatic heterocycles. The van der Waals surface area contributed by atoms with Crippen LogP contribution in [0.3, 0.4) is 0 Å². The van der Waals surface area contributed by atoms with Crippen molar-refractivity contribution in [3.8, 4) is 0 Å². The van der Waals surface area contributed by atoms with Crippen molar-refractivity contribution in [3.05, 3.63) is 65.7 Å². The Bertz CT molecular complexity index is 1270. The number of carbonyl (C=O) groups is 2. The molecule has 2 atom stereocenters. The van der Waals surface area contributed by atoms with E-state index in [1.54, 1.807) is 0 Å². The van der Waals surface area contributed by atoms with Crippen LogP contribution in [-0.2, 0) is 16.1 Å². The Morgan fingerprint density at radius 1 is 1.14 bits per heavy atom. The van der Waals surface area contributed by atoms with Crippen LogP contribution < -0.4 is 27.2 Å². The summed E-state index contributed by atoms with van der Waals surface area (Å²) >= 11 is -0.239. The maximum atomic E-state index is 13.8. The number of benzene rings is 1. The van der Waals surface area contributed by atoms with E-state index in [1.807, 2.05) is 40.3 Å². The second kappa shape index (κ2) is 9.14. The van der Waals surface area contributed by atoms with Crippen molar-refractivity contribution in [1.82, 2.24) is 23.1 Å². The van der Waals surface area contributed by atoms with Crippen molar-refractivity contribution in [2.24, 2.45) is 16.7 Å². The van der Waals surface area contributed by atoms with Gasteiger partial charge in [-0.1, -0.05) is 13.8 Å². The van der Waals surface area contributed by atoms with E-state index in [9.17, 15) is 9.59 Å². The van der Waals surface area contributed by atoms with Gasteiger partial charge >= 0.3 is 214 Å². The Balaban J connectivity index is 1.21. The first kappa shape index (κ1) is 24.4. The van der Waals surface area contributed by atoms with Gasteiger partial charge in [0.25, 0.3) is 0 Å². The monoisotopic (exact) mass is 615 g/mol. The van der Waals surface area contributed by atoms with Gasteiger partial charge < -0.3 is 0 Å². The van der Waals surface area contributed by atoms with Crippen molar-refractivity contribution in [2.45, 2.75) is 32.7 Å². The molecule has 0 radical (unpaired) electrons. The molecule has 2 saturated heterocycles. The minimum absolute atomic E-state index is 0.00249. The zero-order chi connectivity index (χ0) is 25.8. The van der Waals surface area contributed by atoms with E-state index in [0.29, 0.717) is 37.6 Å². The summed E-state index contributed by atoms with van der Waals surface area (Å²) in [5.74, 6) is 0.623. The van der Waals surface area contributed by atoms with Crippen LogP contribution in [0, 0.1) is 16.7 Å². The molecule has 37 heavy (non-hydrogen) atoms. The molecule has 196 valence electrons. The number of allylic oxidation sites excluding steroid dienone is 1. The van der Waals surface area contributed by atoms with Crippen molar-refractivity contribution >= 4 is 17.8 Å². The van der Waals surface area contributed by atoms with Gasteiger partial charge in [0.1, 0.15) is 0 Å². The second-order valence-corrected chi connectivity index (χ2v) is 14.1. The molecule has 1 unspecified atom stereocenters. The van der Waals surface area contributed by atoms with Crippen LogP contribution in [0.4, 0.5) is 6.01 Å². The number of amides is 2. The second-order valence-electron chi connectivity index (χ2n) is 11.3. The van der Waals surface area contributed by atoms with Gasteiger partial charge in [-0.2, -0.15) is 0 Å². The van der Waals surface area contributed by atoms with E-state index in [4.69, 9.17) is 10.2 Å². The quantitative estimate of drug-likeness (QED) is 0.272. The third-order valence-electron chi connectivity index (χ3n) is 8.14. The first-order valence-electron chi connectivity index (χ1n) is 12.7. The molecule has 2 amide bonds. The molecule has 4 heterocycles. The Hall–Kier alpha value is -2.89. The predicted molar refractivity (Wildman–Crippen MR) is 133 cm³/mol. The topological polar surface area (TPSA) is 109 Å². The van der Waals surface area contributed by atoms with Gasteiger partial charge in [-0.25, -0.2) is 0 Å². The van der Waals surface area contributed by atoms with Crippen molar-refractivity contribution in [1.29, 1.82) is 0 Å². The van der Waals surface area contributed by atoms with Crippen LogP contribution in [0.2, 0.25) is 0 Å². The fourth-order valence-corrected chi connectivity index (χ4v) is 7.95. The molecular weight excluding hydrogens is 583 g/mol. The molecule has 2 N–H and O–H groups in total. The number of anilines is 1. The molecule has 1 aromatic carbocycles. The minimum atomic E-state index is -0.297. The average molecular weight is 615 g/mol. The zero-order valence-corrected chi connectivity index (χ0v) is 23.3. The SMILES string of the molecule is CC1(C)C[C@@H]1C(=O)N1CC2(CN(C(=O)C3=CN(Cc4ccccc4)[I-]CC=C3)CC2c2nnc(N)o2)C1. The number of nitrogens with two attached hydrogens (primary N) is 1. The number of rotatable bonds is 5. The molecule has 3 fully saturated rings. The summed E-state index contributed by atoms with van der Waals surface area (Å²) in [6, 6.07) is 10.4. The predicted octanol–water partition coefficient (Wildman–Crippen LogP) is -0.588. The number of likely N-dealkylation sites (tertiary alicyclic amines) is 2. The molecule has 6 rings (SSSR count). The molecule has 1 aromatic heterocycles. The van der Waals surface area contributed by atoms with E-state index in [2.05, 4.69) is 45.4 Å². The Morgan fingerprint density at radius 3 is 2.54 bits per heavy atom. The standard InChI is InChI=1S/C27H32IN6O3/c1-26(2)11-20(26)24(36)33-16-27(17-33)15-32(14-21(27)22-30-31-25(29)37-22)23(35)19-9-6-10-28-34(13-19)12-18-7-4-3-5-8-18/h3-9,13,20-21H,10-12,14-17H2,1-2H3,(H2,29,31)/q-1/t20-,21?/m1/s1. The number of nitrogens with zero attached hydrogens (tertiary/aromatic N) is 5. The number of halogens is 1. The number of alkyl halides is 1. The van der Waals surface area contributed by atoms with Crippen LogP contribution >= 0.6 is 0 Å². The number of hydrogen-bond donors (Lipinski definition) is 1. The van der Waals surface area contributed by atoms with Crippen LogP contribution in [0.1, 0.15) is 37.6 Å². The molecule has 1 spiro atoms. The summed E-state index contributed by atoms with van der Waals surface area (Å²) in [4.78, 5) is 30.7. The van der Waals surface area contributed by atoms with Crippen LogP contribution in [0.25, 0.3) is 0 Å². The fraction of sp³-hybridized carbons (Fsp3) is 0.481. The third kappa shape index (κ3) is 4.64. The van der Waals surface area contributed by atoms with E-state index >= 15 is 0 Å². The first-order valence-corrected chi connectivity index (χ1v) is 15.2. The summed E-state index contributed by atoms with van der Waals surface area (Å²) < 4.78 is 8.94. The van der Waals surface area contributed by atoms with E-state index in [-0.39, 0.29) is 62.0 Å². The molecule has 1 aliphatic carbocycles. The van der Waals surface area contributed by atoms with Crippen LogP contribution in [-0.4, -0.2) is 65.5 Å². The number of nitrogen functional groups attached to an aromatic ring is 1. The summed E-state index contributed by atoms with van der Waals surface area (Å²) in [7, 11) is 0. The normalized spacial score (nSPS) is 25.8. The van der Waals surface area contributed by atoms with Crippen LogP contribution in [0.15, 0.2) is 58.7 Å². The zero-order valence-electron chi connectivity index (χ0n) is 21.1. The van der Waals surface area contributed by atoms with Crippen LogP contribution in [0.5, 0.6) is 0 Å². The first-order chi connectivity index (χ1) is 17.7. The fourth-order valence-electron chi connectivity index (χ4n) is 5.83. The third-order valence-corrected chi connectivity index (χ3v) is 10.5. The molecule has 9 nitrogen and oxygen atoms in total. The average Bonchev–Trinajstić information content (AvgIpc) is 3.15. The summed E-state index contributed by atoms with van der Waals surface area (Å²) in [5, 5.41) is 8.05. The van der Waals surface area contributed by atoms with Gasteiger partial charge in [0, 0.05) is 0 Å². The Kier molecular flexibility index (Phi) is 6.04. The van der Waals surface area contributed by atoms with Crippen molar-refractivity contribution in [2.75, 3.05) is 36.3 Å². The van der Waals surface area contributed by atoms with Crippen molar-refractivity contribution < 1.29 is 35.5 Å². The van der Waals surface area contributed by atoms with Gasteiger partial charge in [0.15, 0.2) is 0 Å². The summed E-state index contributed by atoms with van der Waals surface area (Å²) in [6.45, 7) is 7.29. The Morgan fingerprint density at radius 2 is 1.86 bits per heavy atom.